The second-order valence-electron chi connectivity index (χ2n) is 5.26. The number of nitrogens with zero attached hydrogens (tertiary/aromatic N) is 2. The Morgan fingerprint density at radius 1 is 1.32 bits per heavy atom. The number of likely N-dealkylation sites (N-methyl/N-ethyl adjacent to an activating group) is 1. The van der Waals surface area contributed by atoms with Gasteiger partial charge in [0.25, 0.3) is 0 Å². The van der Waals surface area contributed by atoms with Gasteiger partial charge in [0.15, 0.2) is 5.96 Å². The third kappa shape index (κ3) is 7.31. The van der Waals surface area contributed by atoms with Gasteiger partial charge in [-0.25, -0.2) is 0 Å². The van der Waals surface area contributed by atoms with Crippen LogP contribution in [0.1, 0.15) is 31.4 Å². The lowest BCUT2D eigenvalue weighted by molar-refractivity contribution is 0.306. The van der Waals surface area contributed by atoms with Gasteiger partial charge in [-0.05, 0) is 38.2 Å². The SMILES string of the molecule is CCCCNC(N)=NCC(c1ccc(OC)cc1)N(C)C.I. The number of nitrogens with two attached hydrogens (primary N) is 1. The monoisotopic (exact) mass is 420 g/mol. The molecule has 1 aromatic rings. The molecule has 0 saturated carbocycles. The number of hydrogen-bond acceptors (Lipinski definition) is 3. The number of guanidine groups is 1. The molecule has 22 heavy (non-hydrogen) atoms. The topological polar surface area (TPSA) is 62.9 Å². The summed E-state index contributed by atoms with van der Waals surface area (Å²) in [7, 11) is 5.77. The summed E-state index contributed by atoms with van der Waals surface area (Å²) in [4.78, 5) is 6.59. The summed E-state index contributed by atoms with van der Waals surface area (Å²) in [5.74, 6) is 1.38. The Labute approximate surface area is 151 Å². The largest absolute Gasteiger partial charge is 0.497 e. The minimum atomic E-state index is 0. The van der Waals surface area contributed by atoms with Crippen molar-refractivity contribution in [2.24, 2.45) is 10.7 Å². The minimum Gasteiger partial charge on any atom is -0.497 e. The highest BCUT2D eigenvalue weighted by atomic mass is 127. The molecule has 0 amide bonds. The van der Waals surface area contributed by atoms with Gasteiger partial charge in [-0.3, -0.25) is 4.99 Å². The summed E-state index contributed by atoms with van der Waals surface area (Å²) in [5.41, 5.74) is 7.09. The van der Waals surface area contributed by atoms with E-state index in [1.165, 1.54) is 5.56 Å². The number of halogens is 1. The van der Waals surface area contributed by atoms with Crippen LogP contribution in [0.4, 0.5) is 0 Å². The molecule has 0 fully saturated rings. The van der Waals surface area contributed by atoms with Crippen LogP contribution in [0.3, 0.4) is 0 Å². The van der Waals surface area contributed by atoms with Gasteiger partial charge in [0.1, 0.15) is 5.75 Å². The van der Waals surface area contributed by atoms with Crippen LogP contribution in [0.5, 0.6) is 5.75 Å². The zero-order valence-electron chi connectivity index (χ0n) is 14.0. The molecule has 0 radical (unpaired) electrons. The van der Waals surface area contributed by atoms with E-state index in [0.29, 0.717) is 12.5 Å². The van der Waals surface area contributed by atoms with E-state index in [1.807, 2.05) is 26.2 Å². The molecule has 1 unspecified atom stereocenters. The molecule has 0 saturated heterocycles. The van der Waals surface area contributed by atoms with Crippen LogP contribution in [-0.4, -0.2) is 45.2 Å². The van der Waals surface area contributed by atoms with Crippen LogP contribution < -0.4 is 15.8 Å². The fraction of sp³-hybridized carbons (Fsp3) is 0.562. The quantitative estimate of drug-likeness (QED) is 0.294. The number of ether oxygens (including phenoxy) is 1. The Balaban J connectivity index is 0.00000441. The lowest BCUT2D eigenvalue weighted by atomic mass is 10.1. The third-order valence-corrected chi connectivity index (χ3v) is 3.39. The van der Waals surface area contributed by atoms with Crippen molar-refractivity contribution < 1.29 is 4.74 Å². The van der Waals surface area contributed by atoms with Gasteiger partial charge in [0.2, 0.25) is 0 Å². The van der Waals surface area contributed by atoms with Crippen molar-refractivity contribution in [1.29, 1.82) is 0 Å². The lowest BCUT2D eigenvalue weighted by Gasteiger charge is -2.23. The first-order valence-corrected chi connectivity index (χ1v) is 7.42. The number of benzene rings is 1. The highest BCUT2D eigenvalue weighted by molar-refractivity contribution is 14.0. The molecule has 0 bridgehead atoms. The summed E-state index contributed by atoms with van der Waals surface area (Å²) in [6.45, 7) is 3.66. The second-order valence-corrected chi connectivity index (χ2v) is 5.26. The summed E-state index contributed by atoms with van der Waals surface area (Å²) in [6.07, 6.45) is 2.25. The average molecular weight is 420 g/mol. The van der Waals surface area contributed by atoms with Gasteiger partial charge in [0, 0.05) is 6.54 Å². The van der Waals surface area contributed by atoms with Crippen molar-refractivity contribution in [1.82, 2.24) is 10.2 Å². The zero-order chi connectivity index (χ0) is 15.7. The molecular formula is C16H29IN4O. The number of rotatable bonds is 8. The van der Waals surface area contributed by atoms with Crippen LogP contribution >= 0.6 is 24.0 Å². The molecule has 1 rings (SSSR count). The Morgan fingerprint density at radius 3 is 2.45 bits per heavy atom. The Kier molecular flexibility index (Phi) is 11.0. The van der Waals surface area contributed by atoms with Gasteiger partial charge < -0.3 is 20.7 Å². The maximum Gasteiger partial charge on any atom is 0.188 e. The Hall–Kier alpha value is -1.02. The number of hydrogen-bond donors (Lipinski definition) is 2. The van der Waals surface area contributed by atoms with Crippen molar-refractivity contribution in [3.63, 3.8) is 0 Å². The molecule has 0 heterocycles. The first-order chi connectivity index (χ1) is 10.1. The van der Waals surface area contributed by atoms with E-state index in [1.54, 1.807) is 7.11 Å². The van der Waals surface area contributed by atoms with Crippen molar-refractivity contribution in [2.75, 3.05) is 34.3 Å². The zero-order valence-corrected chi connectivity index (χ0v) is 16.3. The molecule has 126 valence electrons. The molecule has 3 N–H and O–H groups in total. The third-order valence-electron chi connectivity index (χ3n) is 3.39. The lowest BCUT2D eigenvalue weighted by Crippen LogP contribution is -2.33. The highest BCUT2D eigenvalue weighted by Crippen LogP contribution is 2.21. The fourth-order valence-corrected chi connectivity index (χ4v) is 2.03. The summed E-state index contributed by atoms with van der Waals surface area (Å²) in [6, 6.07) is 8.28. The van der Waals surface area contributed by atoms with Crippen LogP contribution in [-0.2, 0) is 0 Å². The molecule has 1 atom stereocenters. The summed E-state index contributed by atoms with van der Waals surface area (Å²) >= 11 is 0. The van der Waals surface area contributed by atoms with Gasteiger partial charge in [-0.2, -0.15) is 0 Å². The first kappa shape index (κ1) is 21.0. The minimum absolute atomic E-state index is 0. The summed E-state index contributed by atoms with van der Waals surface area (Å²) in [5, 5.41) is 3.14. The van der Waals surface area contributed by atoms with E-state index in [0.717, 1.165) is 25.1 Å². The molecule has 0 spiro atoms. The molecule has 1 aromatic carbocycles. The molecule has 6 heteroatoms. The first-order valence-electron chi connectivity index (χ1n) is 7.42. The smallest absolute Gasteiger partial charge is 0.188 e. The Bertz CT molecular complexity index is 434. The molecule has 0 aliphatic heterocycles. The van der Waals surface area contributed by atoms with E-state index in [9.17, 15) is 0 Å². The summed E-state index contributed by atoms with van der Waals surface area (Å²) < 4.78 is 5.19. The normalized spacial score (nSPS) is 12.7. The Morgan fingerprint density at radius 2 is 1.95 bits per heavy atom. The number of aliphatic imine (C=N–C) groups is 1. The number of methoxy groups -OCH3 is 1. The fourth-order valence-electron chi connectivity index (χ4n) is 2.03. The van der Waals surface area contributed by atoms with E-state index < -0.39 is 0 Å². The maximum absolute atomic E-state index is 5.89. The predicted octanol–water partition coefficient (Wildman–Crippen LogP) is 2.62. The second kappa shape index (κ2) is 11.5. The van der Waals surface area contributed by atoms with Crippen LogP contribution in [0.25, 0.3) is 0 Å². The van der Waals surface area contributed by atoms with E-state index in [-0.39, 0.29) is 30.0 Å². The van der Waals surface area contributed by atoms with Gasteiger partial charge in [-0.1, -0.05) is 25.5 Å². The molecule has 0 aromatic heterocycles. The van der Waals surface area contributed by atoms with Crippen molar-refractivity contribution >= 4 is 29.9 Å². The average Bonchev–Trinajstić information content (AvgIpc) is 2.48. The van der Waals surface area contributed by atoms with Crippen molar-refractivity contribution in [3.05, 3.63) is 29.8 Å². The predicted molar refractivity (Wildman–Crippen MR) is 104 cm³/mol. The highest BCUT2D eigenvalue weighted by Gasteiger charge is 2.13. The van der Waals surface area contributed by atoms with Crippen molar-refractivity contribution in [3.8, 4) is 5.75 Å². The number of nitrogens with one attached hydrogen (secondary N) is 1. The van der Waals surface area contributed by atoms with Gasteiger partial charge in [0.05, 0.1) is 19.7 Å². The number of unbranched alkanes of at least 4 members (excludes halogenated alkanes) is 1. The van der Waals surface area contributed by atoms with Gasteiger partial charge >= 0.3 is 0 Å². The van der Waals surface area contributed by atoms with Gasteiger partial charge in [-0.15, -0.1) is 24.0 Å². The van der Waals surface area contributed by atoms with Crippen LogP contribution in [0.15, 0.2) is 29.3 Å². The maximum atomic E-state index is 5.89. The van der Waals surface area contributed by atoms with E-state index >= 15 is 0 Å². The standard InChI is InChI=1S/C16H28N4O.HI/c1-5-6-11-18-16(17)19-12-15(20(2)3)13-7-9-14(21-4)10-8-13;/h7-10,15H,5-6,11-12H2,1-4H3,(H3,17,18,19);1H. The van der Waals surface area contributed by atoms with E-state index in [4.69, 9.17) is 10.5 Å². The molecule has 5 nitrogen and oxygen atoms in total. The molecular weight excluding hydrogens is 391 g/mol. The van der Waals surface area contributed by atoms with Crippen LogP contribution in [0.2, 0.25) is 0 Å². The molecule has 0 aliphatic rings. The van der Waals surface area contributed by atoms with Crippen molar-refractivity contribution in [2.45, 2.75) is 25.8 Å². The van der Waals surface area contributed by atoms with Crippen LogP contribution in [0, 0.1) is 0 Å². The molecule has 0 aliphatic carbocycles. The van der Waals surface area contributed by atoms with E-state index in [2.05, 4.69) is 34.3 Å².